The summed E-state index contributed by atoms with van der Waals surface area (Å²) in [7, 11) is 1.24. The second-order valence-corrected chi connectivity index (χ2v) is 18.2. The smallest absolute Gasteiger partial charge is 0.268 e. The molecule has 0 bridgehead atoms. The average molecular weight is 797 g/mol. The van der Waals surface area contributed by atoms with Gasteiger partial charge in [-0.1, -0.05) is 185 Å². The molecule has 0 aromatic carbocycles. The molecule has 0 heterocycles. The van der Waals surface area contributed by atoms with Crippen LogP contribution in [-0.4, -0.2) is 68.5 Å². The van der Waals surface area contributed by atoms with E-state index in [1.54, 1.807) is 6.08 Å². The first kappa shape index (κ1) is 53.7. The third-order valence-corrected chi connectivity index (χ3v) is 11.0. The van der Waals surface area contributed by atoms with E-state index in [0.717, 1.165) is 44.9 Å². The van der Waals surface area contributed by atoms with E-state index in [9.17, 15) is 19.4 Å². The van der Waals surface area contributed by atoms with E-state index in [1.165, 1.54) is 135 Å². The third-order valence-electron chi connectivity index (χ3n) is 10.1. The molecular formula is C46H89N2O6P. The van der Waals surface area contributed by atoms with Crippen molar-refractivity contribution in [1.29, 1.82) is 0 Å². The van der Waals surface area contributed by atoms with E-state index in [2.05, 4.69) is 43.5 Å². The summed E-state index contributed by atoms with van der Waals surface area (Å²) in [6.07, 6.45) is 46.2. The number of aliphatic hydroxyl groups is 1. The summed E-state index contributed by atoms with van der Waals surface area (Å²) in [4.78, 5) is 25.3. The van der Waals surface area contributed by atoms with Crippen LogP contribution in [0.5, 0.6) is 0 Å². The van der Waals surface area contributed by atoms with Crippen molar-refractivity contribution in [3.05, 3.63) is 36.5 Å². The number of carbonyl (C=O) groups excluding carboxylic acids is 1. The van der Waals surface area contributed by atoms with Gasteiger partial charge in [0.05, 0.1) is 39.9 Å². The highest BCUT2D eigenvalue weighted by Gasteiger charge is 2.23. The van der Waals surface area contributed by atoms with Crippen molar-refractivity contribution in [2.75, 3.05) is 40.9 Å². The van der Waals surface area contributed by atoms with Crippen LogP contribution in [0.25, 0.3) is 0 Å². The molecule has 0 rings (SSSR count). The van der Waals surface area contributed by atoms with Crippen LogP contribution in [0.15, 0.2) is 36.5 Å². The van der Waals surface area contributed by atoms with E-state index >= 15 is 0 Å². The topological polar surface area (TPSA) is 108 Å². The van der Waals surface area contributed by atoms with Crippen molar-refractivity contribution < 1.29 is 32.9 Å². The minimum atomic E-state index is -4.60. The minimum absolute atomic E-state index is 0.00792. The fourth-order valence-electron chi connectivity index (χ4n) is 6.42. The number of unbranched alkanes of at least 4 members (excludes halogenated alkanes) is 24. The van der Waals surface area contributed by atoms with Crippen LogP contribution in [0, 0.1) is 0 Å². The van der Waals surface area contributed by atoms with Crippen molar-refractivity contribution in [3.63, 3.8) is 0 Å². The number of phosphoric acid groups is 1. The molecule has 1 amide bonds. The zero-order chi connectivity index (χ0) is 40.7. The zero-order valence-electron chi connectivity index (χ0n) is 36.6. The van der Waals surface area contributed by atoms with E-state index in [4.69, 9.17) is 9.05 Å². The molecular weight excluding hydrogens is 707 g/mol. The van der Waals surface area contributed by atoms with Gasteiger partial charge in [-0.3, -0.25) is 9.36 Å². The van der Waals surface area contributed by atoms with Crippen molar-refractivity contribution in [1.82, 2.24) is 5.32 Å². The van der Waals surface area contributed by atoms with Gasteiger partial charge in [-0.15, -0.1) is 0 Å². The number of phosphoric ester groups is 1. The normalized spacial score (nSPS) is 14.7. The maximum Gasteiger partial charge on any atom is 0.268 e. The lowest BCUT2D eigenvalue weighted by molar-refractivity contribution is -0.870. The number of amides is 1. The highest BCUT2D eigenvalue weighted by molar-refractivity contribution is 7.45. The zero-order valence-corrected chi connectivity index (χ0v) is 37.5. The molecule has 324 valence electrons. The highest BCUT2D eigenvalue weighted by Crippen LogP contribution is 2.38. The number of nitrogens with one attached hydrogen (secondary N) is 1. The highest BCUT2D eigenvalue weighted by atomic mass is 31.2. The first-order chi connectivity index (χ1) is 26.5. The quantitative estimate of drug-likeness (QED) is 0.0276. The second-order valence-electron chi connectivity index (χ2n) is 16.7. The lowest BCUT2D eigenvalue weighted by Gasteiger charge is -2.29. The Balaban J connectivity index is 4.41. The first-order valence-electron chi connectivity index (χ1n) is 22.9. The van der Waals surface area contributed by atoms with Crippen LogP contribution in [0.2, 0.25) is 0 Å². The fourth-order valence-corrected chi connectivity index (χ4v) is 7.14. The number of carbonyl (C=O) groups is 1. The number of hydrogen-bond donors (Lipinski definition) is 2. The molecule has 9 heteroatoms. The average Bonchev–Trinajstić information content (AvgIpc) is 3.13. The fraction of sp³-hybridized carbons (Fsp3) is 0.848. The van der Waals surface area contributed by atoms with E-state index in [1.807, 2.05) is 27.2 Å². The standard InChI is InChI=1S/C46H89N2O6P/c1-6-8-10-12-14-16-18-20-22-23-24-25-26-28-30-32-34-36-38-40-46(50)47-44(43-54-55(51,52)53-42-41-48(3,4)5)45(49)39-37-35-33-31-29-27-21-19-17-15-13-11-9-7-2/h17,19,29,31,37,39,44-45,49H,6-16,18,20-28,30,32-36,38,40-43H2,1-5H3,(H-,47,50,51,52)/b19-17+,31-29+,39-37+. The molecule has 0 aliphatic carbocycles. The molecule has 0 radical (unpaired) electrons. The lowest BCUT2D eigenvalue weighted by Crippen LogP contribution is -2.45. The molecule has 3 unspecified atom stereocenters. The minimum Gasteiger partial charge on any atom is -0.756 e. The summed E-state index contributed by atoms with van der Waals surface area (Å²) in [6.45, 7) is 4.60. The van der Waals surface area contributed by atoms with Crippen molar-refractivity contribution in [2.24, 2.45) is 0 Å². The maximum atomic E-state index is 12.9. The Morgan fingerprint density at radius 3 is 1.47 bits per heavy atom. The third kappa shape index (κ3) is 40.7. The van der Waals surface area contributed by atoms with Crippen LogP contribution < -0.4 is 10.2 Å². The van der Waals surface area contributed by atoms with Gasteiger partial charge in [0, 0.05) is 6.42 Å². The Morgan fingerprint density at radius 1 is 0.618 bits per heavy atom. The van der Waals surface area contributed by atoms with E-state index in [-0.39, 0.29) is 12.5 Å². The first-order valence-corrected chi connectivity index (χ1v) is 24.3. The molecule has 0 aromatic heterocycles. The van der Waals surface area contributed by atoms with Crippen LogP contribution in [0.3, 0.4) is 0 Å². The molecule has 0 fully saturated rings. The van der Waals surface area contributed by atoms with Crippen LogP contribution in [0.4, 0.5) is 0 Å². The van der Waals surface area contributed by atoms with Crippen LogP contribution in [-0.2, 0) is 18.4 Å². The molecule has 0 aromatic rings. The molecule has 0 saturated carbocycles. The van der Waals surface area contributed by atoms with Gasteiger partial charge in [-0.2, -0.15) is 0 Å². The molecule has 3 atom stereocenters. The van der Waals surface area contributed by atoms with Gasteiger partial charge < -0.3 is 28.8 Å². The maximum absolute atomic E-state index is 12.9. The Hall–Kier alpha value is -1.28. The summed E-state index contributed by atoms with van der Waals surface area (Å²) in [5, 5.41) is 13.7. The largest absolute Gasteiger partial charge is 0.756 e. The van der Waals surface area contributed by atoms with E-state index < -0.39 is 26.6 Å². The predicted octanol–water partition coefficient (Wildman–Crippen LogP) is 12.1. The SMILES string of the molecule is CCCCCC/C=C/CC/C=C/CC/C=C/C(O)C(COP(=O)([O-])OCC[N+](C)(C)C)NC(=O)CCCCCCCCCCCCCCCCCCCCC. The Morgan fingerprint density at radius 2 is 1.02 bits per heavy atom. The van der Waals surface area contributed by atoms with Crippen molar-refractivity contribution in [3.8, 4) is 0 Å². The molecule has 0 spiro atoms. The van der Waals surface area contributed by atoms with Gasteiger partial charge in [0.1, 0.15) is 13.2 Å². The molecule has 8 nitrogen and oxygen atoms in total. The Labute approximate surface area is 340 Å². The summed E-state index contributed by atoms with van der Waals surface area (Å²) in [5.41, 5.74) is 0. The number of aliphatic hydroxyl groups excluding tert-OH is 1. The Kier molecular flexibility index (Phi) is 37.4. The number of likely N-dealkylation sites (N-methyl/N-ethyl adjacent to an activating group) is 1. The second kappa shape index (κ2) is 38.2. The van der Waals surface area contributed by atoms with Gasteiger partial charge in [-0.05, 0) is 44.9 Å². The number of allylic oxidation sites excluding steroid dienone is 5. The van der Waals surface area contributed by atoms with Gasteiger partial charge in [0.25, 0.3) is 7.82 Å². The number of rotatable bonds is 41. The summed E-state index contributed by atoms with van der Waals surface area (Å²) in [5.74, 6) is -0.211. The summed E-state index contributed by atoms with van der Waals surface area (Å²) in [6, 6.07) is -0.905. The molecule has 0 aliphatic rings. The van der Waals surface area contributed by atoms with E-state index in [0.29, 0.717) is 17.4 Å². The number of quaternary nitrogens is 1. The van der Waals surface area contributed by atoms with Crippen molar-refractivity contribution >= 4 is 13.7 Å². The molecule has 0 aliphatic heterocycles. The molecule has 55 heavy (non-hydrogen) atoms. The monoisotopic (exact) mass is 797 g/mol. The van der Waals surface area contributed by atoms with Crippen molar-refractivity contribution in [2.45, 2.75) is 212 Å². The lowest BCUT2D eigenvalue weighted by atomic mass is 10.0. The predicted molar refractivity (Wildman–Crippen MR) is 233 cm³/mol. The number of hydrogen-bond acceptors (Lipinski definition) is 6. The van der Waals surface area contributed by atoms with Gasteiger partial charge in [-0.25, -0.2) is 0 Å². The summed E-state index contributed by atoms with van der Waals surface area (Å²) >= 11 is 0. The van der Waals surface area contributed by atoms with Gasteiger partial charge >= 0.3 is 0 Å². The molecule has 2 N–H and O–H groups in total. The van der Waals surface area contributed by atoms with Gasteiger partial charge in [0.15, 0.2) is 0 Å². The molecule has 0 saturated heterocycles. The van der Waals surface area contributed by atoms with Gasteiger partial charge in [0.2, 0.25) is 5.91 Å². The Bertz CT molecular complexity index is 995. The number of nitrogens with zero attached hydrogens (tertiary/aromatic N) is 1. The van der Waals surface area contributed by atoms with Crippen LogP contribution in [0.1, 0.15) is 200 Å². The summed E-state index contributed by atoms with van der Waals surface area (Å²) < 4.78 is 23.2. The van der Waals surface area contributed by atoms with Crippen LogP contribution >= 0.6 is 7.82 Å².